The molecule has 0 saturated carbocycles. The fourth-order valence-corrected chi connectivity index (χ4v) is 2.44. The van der Waals surface area contributed by atoms with Crippen molar-refractivity contribution >= 4 is 20.2 Å². The molecule has 5 nitrogen and oxygen atoms in total. The van der Waals surface area contributed by atoms with E-state index in [2.05, 4.69) is 39.2 Å². The summed E-state index contributed by atoms with van der Waals surface area (Å²) in [6.07, 6.45) is 0.428. The lowest BCUT2D eigenvalue weighted by Gasteiger charge is -2.36. The molecule has 1 atom stereocenters. The van der Waals surface area contributed by atoms with Crippen LogP contribution in [0.3, 0.4) is 0 Å². The van der Waals surface area contributed by atoms with E-state index in [9.17, 15) is 9.59 Å². The van der Waals surface area contributed by atoms with Gasteiger partial charge in [0.2, 0.25) is 5.91 Å². The molecule has 1 amide bonds. The smallest absolute Gasteiger partial charge is 0.328 e. The van der Waals surface area contributed by atoms with E-state index in [1.54, 1.807) is 13.8 Å². The number of esters is 1. The zero-order valence-electron chi connectivity index (χ0n) is 14.7. The molecule has 0 fully saturated rings. The predicted octanol–water partition coefficient (Wildman–Crippen LogP) is 2.71. The van der Waals surface area contributed by atoms with E-state index < -0.39 is 20.3 Å². The van der Waals surface area contributed by atoms with Crippen molar-refractivity contribution in [3.05, 3.63) is 0 Å². The lowest BCUT2D eigenvalue weighted by Crippen LogP contribution is -2.46. The molecule has 0 aliphatic heterocycles. The van der Waals surface area contributed by atoms with E-state index in [0.29, 0.717) is 13.0 Å². The van der Waals surface area contributed by atoms with Crippen molar-refractivity contribution < 1.29 is 18.8 Å². The molecule has 0 aliphatic carbocycles. The number of hydrogen-bond donors (Lipinski definition) is 1. The highest BCUT2D eigenvalue weighted by molar-refractivity contribution is 6.74. The van der Waals surface area contributed by atoms with Gasteiger partial charge in [0.05, 0.1) is 7.11 Å². The van der Waals surface area contributed by atoms with Gasteiger partial charge in [0.1, 0.15) is 6.04 Å². The van der Waals surface area contributed by atoms with E-state index in [0.717, 1.165) is 0 Å². The zero-order valence-corrected chi connectivity index (χ0v) is 15.7. The Morgan fingerprint density at radius 2 is 1.71 bits per heavy atom. The minimum Gasteiger partial charge on any atom is -0.467 e. The molecule has 0 saturated heterocycles. The van der Waals surface area contributed by atoms with Crippen LogP contribution in [0.1, 0.15) is 41.0 Å². The quantitative estimate of drug-likeness (QED) is 0.579. The number of methoxy groups -OCH3 is 1. The number of carbonyl (C=O) groups excluding carboxylic acids is 2. The summed E-state index contributed by atoms with van der Waals surface area (Å²) in [6, 6.07) is -0.644. The molecule has 0 unspecified atom stereocenters. The van der Waals surface area contributed by atoms with Gasteiger partial charge in [-0.3, -0.25) is 4.79 Å². The summed E-state index contributed by atoms with van der Waals surface area (Å²) >= 11 is 0. The first-order chi connectivity index (χ1) is 9.42. The molecular weight excluding hydrogens is 286 g/mol. The summed E-state index contributed by atoms with van der Waals surface area (Å²) in [5, 5.41) is 2.83. The summed E-state index contributed by atoms with van der Waals surface area (Å²) in [5.41, 5.74) is 0. The summed E-state index contributed by atoms with van der Waals surface area (Å²) in [4.78, 5) is 23.5. The van der Waals surface area contributed by atoms with E-state index in [1.807, 2.05) is 0 Å². The van der Waals surface area contributed by atoms with Crippen LogP contribution in [0.2, 0.25) is 18.1 Å². The number of nitrogens with one attached hydrogen (secondary N) is 1. The first-order valence-corrected chi connectivity index (χ1v) is 10.4. The lowest BCUT2D eigenvalue weighted by molar-refractivity contribution is -0.145. The number of carbonyl (C=O) groups is 2. The summed E-state index contributed by atoms with van der Waals surface area (Å²) in [6.45, 7) is 14.8. The largest absolute Gasteiger partial charge is 0.467 e. The maximum Gasteiger partial charge on any atom is 0.328 e. The molecule has 0 aromatic heterocycles. The van der Waals surface area contributed by atoms with Crippen molar-refractivity contribution in [2.24, 2.45) is 5.92 Å². The Balaban J connectivity index is 4.58. The van der Waals surface area contributed by atoms with Gasteiger partial charge in [-0.15, -0.1) is 0 Å². The van der Waals surface area contributed by atoms with Crippen molar-refractivity contribution in [1.82, 2.24) is 5.32 Å². The Hall–Kier alpha value is -0.883. The summed E-state index contributed by atoms with van der Waals surface area (Å²) < 4.78 is 10.8. The van der Waals surface area contributed by atoms with Gasteiger partial charge in [0.15, 0.2) is 8.32 Å². The number of hydrogen-bond acceptors (Lipinski definition) is 4. The van der Waals surface area contributed by atoms with Crippen molar-refractivity contribution in [2.45, 2.75) is 65.2 Å². The monoisotopic (exact) mass is 317 g/mol. The average molecular weight is 318 g/mol. The van der Waals surface area contributed by atoms with Gasteiger partial charge in [-0.05, 0) is 18.1 Å². The molecule has 1 N–H and O–H groups in total. The van der Waals surface area contributed by atoms with E-state index in [4.69, 9.17) is 9.16 Å². The maximum atomic E-state index is 11.7. The van der Waals surface area contributed by atoms with Crippen LogP contribution in [0.15, 0.2) is 0 Å². The molecule has 124 valence electrons. The highest BCUT2D eigenvalue weighted by atomic mass is 28.4. The van der Waals surface area contributed by atoms with Gasteiger partial charge in [-0.2, -0.15) is 0 Å². The maximum absolute atomic E-state index is 11.7. The van der Waals surface area contributed by atoms with Gasteiger partial charge in [0.25, 0.3) is 0 Å². The van der Waals surface area contributed by atoms with Gasteiger partial charge in [-0.25, -0.2) is 4.79 Å². The third kappa shape index (κ3) is 6.61. The molecule has 0 spiro atoms. The second kappa shape index (κ2) is 7.94. The second-order valence-corrected chi connectivity index (χ2v) is 11.9. The van der Waals surface area contributed by atoms with Crippen molar-refractivity contribution in [3.63, 3.8) is 0 Å². The number of ether oxygens (including phenoxy) is 1. The molecule has 0 bridgehead atoms. The minimum atomic E-state index is -1.84. The van der Waals surface area contributed by atoms with Gasteiger partial charge in [-0.1, -0.05) is 34.6 Å². The third-order valence-electron chi connectivity index (χ3n) is 4.00. The van der Waals surface area contributed by atoms with Gasteiger partial charge < -0.3 is 14.5 Å². The van der Waals surface area contributed by atoms with Crippen molar-refractivity contribution in [1.29, 1.82) is 0 Å². The standard InChI is InChI=1S/C15H31NO4Si/c1-11(2)13(17)16-12(14(18)19-6)9-10-20-21(7,8)15(3,4)5/h11-12H,9-10H2,1-8H3,(H,16,17)/t12-/m0/s1. The van der Waals surface area contributed by atoms with Crippen LogP contribution in [0, 0.1) is 5.92 Å². The molecule has 0 aliphatic rings. The zero-order chi connectivity index (χ0) is 16.8. The Labute approximate surface area is 129 Å². The number of rotatable bonds is 7. The SMILES string of the molecule is COC(=O)[C@H](CCO[Si](C)(C)C(C)(C)C)NC(=O)C(C)C. The van der Waals surface area contributed by atoms with Gasteiger partial charge >= 0.3 is 5.97 Å². The first kappa shape index (κ1) is 20.1. The van der Waals surface area contributed by atoms with E-state index in [-0.39, 0.29) is 16.9 Å². The fraction of sp³-hybridized carbons (Fsp3) is 0.867. The molecule has 6 heteroatoms. The summed E-state index contributed by atoms with van der Waals surface area (Å²) in [5.74, 6) is -0.751. The van der Waals surface area contributed by atoms with Gasteiger partial charge in [0, 0.05) is 18.9 Å². The van der Waals surface area contributed by atoms with Crippen LogP contribution in [-0.2, 0) is 18.8 Å². The van der Waals surface area contributed by atoms with Crippen molar-refractivity contribution in [2.75, 3.05) is 13.7 Å². The molecule has 21 heavy (non-hydrogen) atoms. The Bertz CT molecular complexity index is 361. The molecule has 0 rings (SSSR count). The average Bonchev–Trinajstić information content (AvgIpc) is 2.34. The van der Waals surface area contributed by atoms with E-state index in [1.165, 1.54) is 7.11 Å². The normalized spacial score (nSPS) is 14.0. The van der Waals surface area contributed by atoms with E-state index >= 15 is 0 Å². The third-order valence-corrected chi connectivity index (χ3v) is 8.54. The van der Waals surface area contributed by atoms with Crippen LogP contribution >= 0.6 is 0 Å². The second-order valence-electron chi connectivity index (χ2n) is 7.14. The minimum absolute atomic E-state index is 0.120. The first-order valence-electron chi connectivity index (χ1n) is 7.44. The van der Waals surface area contributed by atoms with Crippen LogP contribution < -0.4 is 5.32 Å². The Morgan fingerprint density at radius 1 is 1.19 bits per heavy atom. The molecular formula is C15H31NO4Si. The molecule has 0 heterocycles. The van der Waals surface area contributed by atoms with Crippen molar-refractivity contribution in [3.8, 4) is 0 Å². The predicted molar refractivity (Wildman–Crippen MR) is 86.6 cm³/mol. The molecule has 0 radical (unpaired) electrons. The fourth-order valence-electron chi connectivity index (χ4n) is 1.38. The molecule has 0 aromatic rings. The Morgan fingerprint density at radius 3 is 2.10 bits per heavy atom. The molecule has 0 aromatic carbocycles. The number of amides is 1. The lowest BCUT2D eigenvalue weighted by atomic mass is 10.1. The highest BCUT2D eigenvalue weighted by Crippen LogP contribution is 2.36. The van der Waals surface area contributed by atoms with Crippen LogP contribution in [0.4, 0.5) is 0 Å². The highest BCUT2D eigenvalue weighted by Gasteiger charge is 2.37. The summed E-state index contributed by atoms with van der Waals surface area (Å²) in [7, 11) is -0.518. The van der Waals surface area contributed by atoms with Crippen LogP contribution in [-0.4, -0.2) is 40.0 Å². The Kier molecular flexibility index (Phi) is 7.60. The van der Waals surface area contributed by atoms with Crippen LogP contribution in [0.5, 0.6) is 0 Å². The van der Waals surface area contributed by atoms with Crippen LogP contribution in [0.25, 0.3) is 0 Å². The topological polar surface area (TPSA) is 64.6 Å².